The lowest BCUT2D eigenvalue weighted by Gasteiger charge is -2.06. The van der Waals surface area contributed by atoms with Crippen LogP contribution in [0.25, 0.3) is 0 Å². The van der Waals surface area contributed by atoms with Crippen molar-refractivity contribution in [3.05, 3.63) is 69.7 Å². The molecule has 0 atom stereocenters. The largest absolute Gasteiger partial charge is 0.506 e. The van der Waals surface area contributed by atoms with E-state index in [1.54, 1.807) is 18.2 Å². The monoisotopic (exact) mass is 434 g/mol. The second-order valence-corrected chi connectivity index (χ2v) is 8.29. The van der Waals surface area contributed by atoms with Crippen LogP contribution in [0.2, 0.25) is 0 Å². The zero-order chi connectivity index (χ0) is 21.0. The van der Waals surface area contributed by atoms with Crippen LogP contribution in [0.5, 0.6) is 5.75 Å². The van der Waals surface area contributed by atoms with Gasteiger partial charge in [-0.1, -0.05) is 18.2 Å². The molecule has 0 saturated heterocycles. The quantitative estimate of drug-likeness (QED) is 0.294. The molecule has 0 saturated carbocycles. The van der Waals surface area contributed by atoms with Gasteiger partial charge >= 0.3 is 0 Å². The third kappa shape index (κ3) is 5.06. The highest BCUT2D eigenvalue weighted by Crippen LogP contribution is 2.28. The molecule has 0 aliphatic heterocycles. The molecule has 29 heavy (non-hydrogen) atoms. The van der Waals surface area contributed by atoms with E-state index in [9.17, 15) is 28.4 Å². The van der Waals surface area contributed by atoms with Crippen LogP contribution in [-0.2, 0) is 21.2 Å². The van der Waals surface area contributed by atoms with Crippen LogP contribution >= 0.6 is 11.3 Å². The number of benzene rings is 2. The number of hydrogen-bond donors (Lipinski definition) is 3. The van der Waals surface area contributed by atoms with Gasteiger partial charge in [-0.15, -0.1) is 11.3 Å². The van der Waals surface area contributed by atoms with Gasteiger partial charge in [-0.05, 0) is 18.2 Å². The van der Waals surface area contributed by atoms with Gasteiger partial charge in [-0.25, -0.2) is 13.4 Å². The van der Waals surface area contributed by atoms with E-state index in [2.05, 4.69) is 15.0 Å². The lowest BCUT2D eigenvalue weighted by atomic mass is 10.2. The minimum atomic E-state index is -3.80. The maximum atomic E-state index is 12.3. The first-order chi connectivity index (χ1) is 13.7. The number of nitrogens with one attached hydrogen (secondary N) is 2. The van der Waals surface area contributed by atoms with Crippen molar-refractivity contribution in [2.45, 2.75) is 11.3 Å². The summed E-state index contributed by atoms with van der Waals surface area (Å²) in [5.74, 6) is -0.901. The molecule has 0 aliphatic carbocycles. The molecule has 1 heterocycles. The van der Waals surface area contributed by atoms with Crippen molar-refractivity contribution < 1.29 is 23.2 Å². The smallest absolute Gasteiger partial charge is 0.271 e. The Bertz CT molecular complexity index is 1160. The molecule has 0 bridgehead atoms. The molecule has 0 spiro atoms. The number of non-ortho nitro benzene ring substituents is 1. The molecule has 3 aromatic rings. The standard InChI is InChI=1S/C17H14N4O6S2/c22-15-7-6-12(21(24)25)9-14(15)19-16(23)8-11-10-28-17(18-11)20-29(26,27)13-4-2-1-3-5-13/h1-7,9-10,22H,8H2,(H,18,20)(H,19,23). The Morgan fingerprint density at radius 1 is 1.21 bits per heavy atom. The number of carbonyl (C=O) groups excluding carboxylic acids is 1. The number of thiazole rings is 1. The van der Waals surface area contributed by atoms with Gasteiger partial charge in [-0.3, -0.25) is 19.6 Å². The third-order valence-electron chi connectivity index (χ3n) is 3.63. The summed E-state index contributed by atoms with van der Waals surface area (Å²) in [5, 5.41) is 24.5. The molecule has 150 valence electrons. The number of anilines is 2. The van der Waals surface area contributed by atoms with Crippen LogP contribution in [-0.4, -0.2) is 29.3 Å². The lowest BCUT2D eigenvalue weighted by molar-refractivity contribution is -0.384. The fraction of sp³-hybridized carbons (Fsp3) is 0.0588. The van der Waals surface area contributed by atoms with Crippen molar-refractivity contribution in [3.8, 4) is 5.75 Å². The van der Waals surface area contributed by atoms with Gasteiger partial charge in [0.1, 0.15) is 5.75 Å². The van der Waals surface area contributed by atoms with Gasteiger partial charge in [0.15, 0.2) is 5.13 Å². The predicted octanol–water partition coefficient (Wildman–Crippen LogP) is 2.74. The number of carbonyl (C=O) groups is 1. The number of nitro groups is 1. The summed E-state index contributed by atoms with van der Waals surface area (Å²) >= 11 is 1.01. The number of phenolic OH excluding ortho intramolecular Hbond substituents is 1. The Morgan fingerprint density at radius 3 is 2.62 bits per heavy atom. The second kappa shape index (κ2) is 8.24. The average Bonchev–Trinajstić information content (AvgIpc) is 3.10. The molecular formula is C17H14N4O6S2. The fourth-order valence-corrected chi connectivity index (χ4v) is 4.29. The van der Waals surface area contributed by atoms with Crippen molar-refractivity contribution in [2.75, 3.05) is 10.0 Å². The summed E-state index contributed by atoms with van der Waals surface area (Å²) in [6.07, 6.45) is -0.217. The van der Waals surface area contributed by atoms with E-state index in [-0.39, 0.29) is 33.6 Å². The number of amides is 1. The van der Waals surface area contributed by atoms with Gasteiger partial charge in [0.2, 0.25) is 5.91 Å². The predicted molar refractivity (Wildman–Crippen MR) is 106 cm³/mol. The Kier molecular flexibility index (Phi) is 5.75. The van der Waals surface area contributed by atoms with E-state index < -0.39 is 20.9 Å². The van der Waals surface area contributed by atoms with Crippen molar-refractivity contribution in [3.63, 3.8) is 0 Å². The molecule has 3 rings (SSSR count). The first-order valence-electron chi connectivity index (χ1n) is 8.04. The number of sulfonamides is 1. The second-order valence-electron chi connectivity index (χ2n) is 5.75. The van der Waals surface area contributed by atoms with Crippen LogP contribution in [0, 0.1) is 10.1 Å². The summed E-state index contributed by atoms with van der Waals surface area (Å²) in [7, 11) is -3.80. The van der Waals surface area contributed by atoms with E-state index in [1.807, 2.05) is 0 Å². The number of hydrogen-bond acceptors (Lipinski definition) is 8. The summed E-state index contributed by atoms with van der Waals surface area (Å²) in [5.41, 5.74) is -0.100. The van der Waals surface area contributed by atoms with E-state index in [0.29, 0.717) is 5.69 Å². The highest BCUT2D eigenvalue weighted by atomic mass is 32.2. The number of phenols is 1. The number of aromatic hydroxyl groups is 1. The van der Waals surface area contributed by atoms with Crippen LogP contribution < -0.4 is 10.0 Å². The van der Waals surface area contributed by atoms with Crippen molar-refractivity contribution in [1.82, 2.24) is 4.98 Å². The Balaban J connectivity index is 1.67. The first kappa shape index (κ1) is 20.2. The molecule has 3 N–H and O–H groups in total. The summed E-state index contributed by atoms with van der Waals surface area (Å²) in [6.45, 7) is 0. The van der Waals surface area contributed by atoms with E-state index in [0.717, 1.165) is 29.5 Å². The zero-order valence-corrected chi connectivity index (χ0v) is 16.2. The van der Waals surface area contributed by atoms with E-state index >= 15 is 0 Å². The Morgan fingerprint density at radius 2 is 1.93 bits per heavy atom. The van der Waals surface area contributed by atoms with Gasteiger partial charge in [0.25, 0.3) is 15.7 Å². The number of rotatable bonds is 7. The summed E-state index contributed by atoms with van der Waals surface area (Å²) < 4.78 is 26.9. The summed E-state index contributed by atoms with van der Waals surface area (Å²) in [6, 6.07) is 11.0. The molecule has 0 unspecified atom stereocenters. The molecule has 1 aromatic heterocycles. The molecule has 1 amide bonds. The number of nitro benzene ring substituents is 1. The van der Waals surface area contributed by atoms with Gasteiger partial charge in [0, 0.05) is 17.5 Å². The highest BCUT2D eigenvalue weighted by Gasteiger charge is 2.17. The number of nitrogens with zero attached hydrogens (tertiary/aromatic N) is 2. The van der Waals surface area contributed by atoms with Gasteiger partial charge < -0.3 is 10.4 Å². The van der Waals surface area contributed by atoms with Crippen LogP contribution in [0.15, 0.2) is 58.8 Å². The van der Waals surface area contributed by atoms with Crippen molar-refractivity contribution in [1.29, 1.82) is 0 Å². The van der Waals surface area contributed by atoms with Crippen LogP contribution in [0.1, 0.15) is 5.69 Å². The first-order valence-corrected chi connectivity index (χ1v) is 10.4. The maximum absolute atomic E-state index is 12.3. The highest BCUT2D eigenvalue weighted by molar-refractivity contribution is 7.93. The van der Waals surface area contributed by atoms with E-state index in [1.165, 1.54) is 17.5 Å². The Labute approximate surface area is 169 Å². The molecule has 10 nitrogen and oxygen atoms in total. The van der Waals surface area contributed by atoms with Gasteiger partial charge in [-0.2, -0.15) is 0 Å². The van der Waals surface area contributed by atoms with E-state index in [4.69, 9.17) is 0 Å². The molecule has 12 heteroatoms. The van der Waals surface area contributed by atoms with Crippen molar-refractivity contribution in [2.24, 2.45) is 0 Å². The molecule has 0 fully saturated rings. The minimum absolute atomic E-state index is 0.0793. The molecular weight excluding hydrogens is 420 g/mol. The average molecular weight is 434 g/mol. The van der Waals surface area contributed by atoms with Crippen LogP contribution in [0.3, 0.4) is 0 Å². The molecule has 0 aliphatic rings. The lowest BCUT2D eigenvalue weighted by Crippen LogP contribution is -2.15. The van der Waals surface area contributed by atoms with Crippen LogP contribution in [0.4, 0.5) is 16.5 Å². The summed E-state index contributed by atoms with van der Waals surface area (Å²) in [4.78, 5) is 26.5. The maximum Gasteiger partial charge on any atom is 0.271 e. The fourth-order valence-electron chi connectivity index (χ4n) is 2.31. The SMILES string of the molecule is O=C(Cc1csc(NS(=O)(=O)c2ccccc2)n1)Nc1cc([N+](=O)[O-])ccc1O. The normalized spacial score (nSPS) is 11.0. The van der Waals surface area contributed by atoms with Crippen molar-refractivity contribution >= 4 is 43.8 Å². The number of aromatic nitrogens is 1. The molecule has 0 radical (unpaired) electrons. The Hall–Kier alpha value is -3.51. The minimum Gasteiger partial charge on any atom is -0.506 e. The zero-order valence-electron chi connectivity index (χ0n) is 14.6. The van der Waals surface area contributed by atoms with Gasteiger partial charge in [0.05, 0.1) is 27.6 Å². The topological polar surface area (TPSA) is 152 Å². The molecule has 2 aromatic carbocycles. The third-order valence-corrected chi connectivity index (χ3v) is 5.92.